The maximum absolute atomic E-state index is 2.99. The molecule has 0 spiro atoms. The standard InChI is InChI=1S/C9H11/c1-2-6-9-7-4-3-5-8-9/h4-5,7-8H,2,6H2,1H3. The lowest BCUT2D eigenvalue weighted by molar-refractivity contribution is 0.922. The maximum atomic E-state index is 2.99. The van der Waals surface area contributed by atoms with E-state index < -0.39 is 0 Å². The molecule has 1 rings (SSSR count). The van der Waals surface area contributed by atoms with E-state index in [-0.39, 0.29) is 0 Å². The Morgan fingerprint density at radius 1 is 1.33 bits per heavy atom. The summed E-state index contributed by atoms with van der Waals surface area (Å²) >= 11 is 0. The normalized spacial score (nSPS) is 9.44. The van der Waals surface area contributed by atoms with Crippen LogP contribution in [0.5, 0.6) is 0 Å². The van der Waals surface area contributed by atoms with Crippen LogP contribution in [0, 0.1) is 6.07 Å². The van der Waals surface area contributed by atoms with Crippen molar-refractivity contribution in [3.63, 3.8) is 0 Å². The first-order valence-electron chi connectivity index (χ1n) is 3.38. The second-order valence-corrected chi connectivity index (χ2v) is 2.16. The van der Waals surface area contributed by atoms with E-state index in [1.807, 2.05) is 12.1 Å². The second kappa shape index (κ2) is 3.29. The molecule has 47 valence electrons. The lowest BCUT2D eigenvalue weighted by atomic mass is 10.1. The Labute approximate surface area is 56.5 Å². The molecular formula is C9H11. The van der Waals surface area contributed by atoms with Gasteiger partial charge in [0, 0.05) is 0 Å². The highest BCUT2D eigenvalue weighted by atomic mass is 13.9. The molecule has 0 aliphatic carbocycles. The molecule has 1 radical (unpaired) electrons. The van der Waals surface area contributed by atoms with Crippen LogP contribution in [-0.4, -0.2) is 0 Å². The van der Waals surface area contributed by atoms with E-state index in [4.69, 9.17) is 0 Å². The van der Waals surface area contributed by atoms with Crippen molar-refractivity contribution >= 4 is 0 Å². The summed E-state index contributed by atoms with van der Waals surface area (Å²) in [5.41, 5.74) is 1.41. The van der Waals surface area contributed by atoms with Crippen molar-refractivity contribution in [2.24, 2.45) is 0 Å². The molecule has 1 aromatic rings. The first kappa shape index (κ1) is 6.34. The van der Waals surface area contributed by atoms with E-state index in [0.717, 1.165) is 0 Å². The number of hydrogen-bond donors (Lipinski definition) is 0. The molecule has 0 saturated carbocycles. The average Bonchev–Trinajstić information content (AvgIpc) is 1.91. The number of rotatable bonds is 2. The zero-order chi connectivity index (χ0) is 6.53. The van der Waals surface area contributed by atoms with Gasteiger partial charge in [-0.05, 0) is 18.1 Å². The van der Waals surface area contributed by atoms with Crippen molar-refractivity contribution in [1.29, 1.82) is 0 Å². The highest BCUT2D eigenvalue weighted by Crippen LogP contribution is 2.00. The molecule has 1 aromatic carbocycles. The monoisotopic (exact) mass is 119 g/mol. The zero-order valence-electron chi connectivity index (χ0n) is 5.72. The molecule has 0 heterocycles. The third kappa shape index (κ3) is 1.88. The Hall–Kier alpha value is -0.780. The van der Waals surface area contributed by atoms with Gasteiger partial charge in [-0.2, -0.15) is 0 Å². The molecule has 0 N–H and O–H groups in total. The van der Waals surface area contributed by atoms with Gasteiger partial charge in [0.25, 0.3) is 0 Å². The largest absolute Gasteiger partial charge is 0.0651 e. The summed E-state index contributed by atoms with van der Waals surface area (Å²) in [5, 5.41) is 0. The summed E-state index contributed by atoms with van der Waals surface area (Å²) in [4.78, 5) is 0. The highest BCUT2D eigenvalue weighted by molar-refractivity contribution is 5.13. The summed E-state index contributed by atoms with van der Waals surface area (Å²) in [7, 11) is 0. The van der Waals surface area contributed by atoms with Gasteiger partial charge < -0.3 is 0 Å². The third-order valence-corrected chi connectivity index (χ3v) is 1.33. The summed E-state index contributed by atoms with van der Waals surface area (Å²) in [6, 6.07) is 11.1. The van der Waals surface area contributed by atoms with Gasteiger partial charge >= 0.3 is 0 Å². The molecule has 9 heavy (non-hydrogen) atoms. The topological polar surface area (TPSA) is 0 Å². The minimum absolute atomic E-state index is 1.19. The molecule has 0 fully saturated rings. The molecule has 0 aromatic heterocycles. The number of aryl methyl sites for hydroxylation is 1. The van der Waals surface area contributed by atoms with Crippen LogP contribution in [0.1, 0.15) is 18.9 Å². The molecule has 0 bridgehead atoms. The molecule has 0 heteroatoms. The molecule has 0 unspecified atom stereocenters. The van der Waals surface area contributed by atoms with E-state index in [1.54, 1.807) is 0 Å². The molecule has 0 nitrogen and oxygen atoms in total. The molecule has 0 aliphatic heterocycles. The number of hydrogen-bond acceptors (Lipinski definition) is 0. The van der Waals surface area contributed by atoms with Crippen LogP contribution >= 0.6 is 0 Å². The summed E-state index contributed by atoms with van der Waals surface area (Å²) in [6.07, 6.45) is 2.42. The van der Waals surface area contributed by atoms with E-state index in [9.17, 15) is 0 Å². The third-order valence-electron chi connectivity index (χ3n) is 1.33. The zero-order valence-corrected chi connectivity index (χ0v) is 5.72. The van der Waals surface area contributed by atoms with Crippen molar-refractivity contribution in [3.05, 3.63) is 35.9 Å². The van der Waals surface area contributed by atoms with Gasteiger partial charge in [-0.15, -0.1) is 0 Å². The van der Waals surface area contributed by atoms with Crippen LogP contribution in [0.2, 0.25) is 0 Å². The van der Waals surface area contributed by atoms with Gasteiger partial charge in [-0.25, -0.2) is 0 Å². The van der Waals surface area contributed by atoms with Crippen molar-refractivity contribution in [2.45, 2.75) is 19.8 Å². The van der Waals surface area contributed by atoms with Crippen LogP contribution in [0.3, 0.4) is 0 Å². The SMILES string of the molecule is CCCc1cc[c]cc1. The summed E-state index contributed by atoms with van der Waals surface area (Å²) < 4.78 is 0. The molecule has 0 aliphatic rings. The molecular weight excluding hydrogens is 108 g/mol. The number of benzene rings is 1. The maximum Gasteiger partial charge on any atom is -0.0184 e. The van der Waals surface area contributed by atoms with Crippen LogP contribution in [0.4, 0.5) is 0 Å². The second-order valence-electron chi connectivity index (χ2n) is 2.16. The first-order valence-corrected chi connectivity index (χ1v) is 3.38. The Balaban J connectivity index is 2.61. The van der Waals surface area contributed by atoms with E-state index >= 15 is 0 Å². The van der Waals surface area contributed by atoms with Crippen LogP contribution in [-0.2, 0) is 6.42 Å². The Bertz CT molecular complexity index is 153. The fourth-order valence-corrected chi connectivity index (χ4v) is 0.877. The van der Waals surface area contributed by atoms with Crippen LogP contribution in [0.25, 0.3) is 0 Å². The smallest absolute Gasteiger partial charge is 0.0184 e. The van der Waals surface area contributed by atoms with Crippen molar-refractivity contribution in [3.8, 4) is 0 Å². The van der Waals surface area contributed by atoms with Gasteiger partial charge in [0.1, 0.15) is 0 Å². The van der Waals surface area contributed by atoms with Gasteiger partial charge in [0.2, 0.25) is 0 Å². The average molecular weight is 119 g/mol. The van der Waals surface area contributed by atoms with Gasteiger partial charge in [0.05, 0.1) is 0 Å². The minimum Gasteiger partial charge on any atom is -0.0651 e. The van der Waals surface area contributed by atoms with E-state index in [1.165, 1.54) is 18.4 Å². The van der Waals surface area contributed by atoms with Crippen LogP contribution in [0.15, 0.2) is 24.3 Å². The lowest BCUT2D eigenvalue weighted by Crippen LogP contribution is -1.79. The van der Waals surface area contributed by atoms with Gasteiger partial charge in [-0.3, -0.25) is 0 Å². The van der Waals surface area contributed by atoms with Gasteiger partial charge in [0.15, 0.2) is 0 Å². The predicted octanol–water partition coefficient (Wildman–Crippen LogP) is 2.44. The first-order chi connectivity index (χ1) is 4.43. The fraction of sp³-hybridized carbons (Fsp3) is 0.333. The molecule has 0 saturated heterocycles. The van der Waals surface area contributed by atoms with Crippen molar-refractivity contribution in [1.82, 2.24) is 0 Å². The minimum atomic E-state index is 1.19. The van der Waals surface area contributed by atoms with E-state index in [0.29, 0.717) is 0 Å². The van der Waals surface area contributed by atoms with Gasteiger partial charge in [-0.1, -0.05) is 37.6 Å². The Morgan fingerprint density at radius 3 is 2.56 bits per heavy atom. The highest BCUT2D eigenvalue weighted by Gasteiger charge is 1.84. The summed E-state index contributed by atoms with van der Waals surface area (Å²) in [6.45, 7) is 2.19. The van der Waals surface area contributed by atoms with E-state index in [2.05, 4.69) is 25.1 Å². The molecule has 0 amide bonds. The predicted molar refractivity (Wildman–Crippen MR) is 39.3 cm³/mol. The van der Waals surface area contributed by atoms with Crippen molar-refractivity contribution < 1.29 is 0 Å². The quantitative estimate of drug-likeness (QED) is 0.561. The Kier molecular flexibility index (Phi) is 2.32. The lowest BCUT2D eigenvalue weighted by Gasteiger charge is -1.93. The fourth-order valence-electron chi connectivity index (χ4n) is 0.877. The summed E-state index contributed by atoms with van der Waals surface area (Å²) in [5.74, 6) is 0. The van der Waals surface area contributed by atoms with Crippen LogP contribution < -0.4 is 0 Å². The molecule has 0 atom stereocenters. The Morgan fingerprint density at radius 2 is 2.00 bits per heavy atom. The van der Waals surface area contributed by atoms with Crippen molar-refractivity contribution in [2.75, 3.05) is 0 Å².